The van der Waals surface area contributed by atoms with Gasteiger partial charge in [0.15, 0.2) is 5.11 Å². The highest BCUT2D eigenvalue weighted by Gasteiger charge is 2.30. The number of amides is 2. The Kier molecular flexibility index (Phi) is 8.38. The molecule has 0 bridgehead atoms. The number of rotatable bonds is 5. The smallest absolute Gasteiger partial charge is 0.257 e. The monoisotopic (exact) mass is 502 g/mol. The Hall–Kier alpha value is -2.84. The Morgan fingerprint density at radius 2 is 1.71 bits per heavy atom. The van der Waals surface area contributed by atoms with E-state index < -0.39 is 0 Å². The summed E-state index contributed by atoms with van der Waals surface area (Å²) in [6, 6.07) is 12.4. The molecule has 34 heavy (non-hydrogen) atoms. The van der Waals surface area contributed by atoms with Gasteiger partial charge in [-0.05, 0) is 61.6 Å². The van der Waals surface area contributed by atoms with Crippen LogP contribution < -0.4 is 20.3 Å². The lowest BCUT2D eigenvalue weighted by Gasteiger charge is -2.39. The molecular formula is C25H31ClN4O3S. The average Bonchev–Trinajstić information content (AvgIpc) is 2.79. The van der Waals surface area contributed by atoms with Gasteiger partial charge in [0.05, 0.1) is 17.3 Å². The first-order chi connectivity index (χ1) is 16.1. The van der Waals surface area contributed by atoms with Crippen molar-refractivity contribution in [3.63, 3.8) is 0 Å². The average molecular weight is 503 g/mol. The number of halogens is 1. The van der Waals surface area contributed by atoms with Crippen molar-refractivity contribution in [1.29, 1.82) is 0 Å². The second kappa shape index (κ2) is 11.1. The predicted octanol–water partition coefficient (Wildman–Crippen LogP) is 4.56. The number of nitrogens with one attached hydrogen (secondary N) is 2. The quantitative estimate of drug-likeness (QED) is 0.584. The van der Waals surface area contributed by atoms with E-state index in [4.69, 9.17) is 28.6 Å². The van der Waals surface area contributed by atoms with Crippen molar-refractivity contribution in [2.75, 3.05) is 43.0 Å². The molecule has 1 aliphatic rings. The first-order valence-electron chi connectivity index (χ1n) is 11.3. The van der Waals surface area contributed by atoms with Crippen LogP contribution in [0.3, 0.4) is 0 Å². The summed E-state index contributed by atoms with van der Waals surface area (Å²) in [7, 11) is 0. The fourth-order valence-corrected chi connectivity index (χ4v) is 4.18. The number of hydrogen-bond donors (Lipinski definition) is 2. The molecule has 9 heteroatoms. The lowest BCUT2D eigenvalue weighted by molar-refractivity contribution is -0.139. The summed E-state index contributed by atoms with van der Waals surface area (Å²) in [5, 5.41) is 6.42. The molecule has 2 aromatic carbocycles. The van der Waals surface area contributed by atoms with Gasteiger partial charge in [-0.3, -0.25) is 14.9 Å². The highest BCUT2D eigenvalue weighted by Crippen LogP contribution is 2.30. The van der Waals surface area contributed by atoms with Crippen molar-refractivity contribution in [2.24, 2.45) is 5.41 Å². The number of thiocarbonyl (C=S) groups is 1. The number of carbonyl (C=O) groups excluding carboxylic acids is 2. The first kappa shape index (κ1) is 25.8. The molecule has 0 spiro atoms. The van der Waals surface area contributed by atoms with Crippen LogP contribution in [0.2, 0.25) is 5.02 Å². The number of benzene rings is 2. The zero-order valence-electron chi connectivity index (χ0n) is 20.0. The minimum Gasteiger partial charge on any atom is -0.494 e. The fourth-order valence-electron chi connectivity index (χ4n) is 3.67. The van der Waals surface area contributed by atoms with Crippen molar-refractivity contribution in [3.8, 4) is 5.75 Å². The van der Waals surface area contributed by atoms with E-state index in [0.717, 1.165) is 5.69 Å². The summed E-state index contributed by atoms with van der Waals surface area (Å²) < 4.78 is 5.39. The Balaban J connectivity index is 1.55. The van der Waals surface area contributed by atoms with E-state index in [1.165, 1.54) is 0 Å². The van der Waals surface area contributed by atoms with Crippen molar-refractivity contribution in [3.05, 3.63) is 53.1 Å². The first-order valence-corrected chi connectivity index (χ1v) is 12.1. The summed E-state index contributed by atoms with van der Waals surface area (Å²) in [5.41, 5.74) is 1.67. The van der Waals surface area contributed by atoms with Crippen LogP contribution in [-0.4, -0.2) is 54.6 Å². The minimum absolute atomic E-state index is 0.165. The zero-order valence-corrected chi connectivity index (χ0v) is 21.6. The number of anilines is 2. The third-order valence-corrected chi connectivity index (χ3v) is 5.92. The van der Waals surface area contributed by atoms with Crippen LogP contribution in [0, 0.1) is 5.41 Å². The number of piperazine rings is 1. The molecule has 1 fully saturated rings. The second-order valence-electron chi connectivity index (χ2n) is 9.06. The summed E-state index contributed by atoms with van der Waals surface area (Å²) >= 11 is 11.8. The molecule has 0 aliphatic carbocycles. The van der Waals surface area contributed by atoms with Gasteiger partial charge in [0.2, 0.25) is 5.91 Å². The van der Waals surface area contributed by atoms with E-state index in [9.17, 15) is 9.59 Å². The molecule has 0 radical (unpaired) electrons. The number of hydrogen-bond acceptors (Lipinski definition) is 5. The third kappa shape index (κ3) is 6.61. The van der Waals surface area contributed by atoms with Crippen molar-refractivity contribution in [2.45, 2.75) is 27.7 Å². The highest BCUT2D eigenvalue weighted by atomic mass is 35.5. The molecule has 1 aliphatic heterocycles. The van der Waals surface area contributed by atoms with Gasteiger partial charge < -0.3 is 19.9 Å². The molecule has 2 aromatic rings. The summed E-state index contributed by atoms with van der Waals surface area (Å²) in [6.45, 7) is 11.0. The molecule has 0 unspecified atom stereocenters. The number of carbonyl (C=O) groups is 2. The molecule has 182 valence electrons. The van der Waals surface area contributed by atoms with Crippen LogP contribution >= 0.6 is 23.8 Å². The minimum atomic E-state index is -0.381. The predicted molar refractivity (Wildman–Crippen MR) is 141 cm³/mol. The van der Waals surface area contributed by atoms with Crippen LogP contribution in [-0.2, 0) is 4.79 Å². The summed E-state index contributed by atoms with van der Waals surface area (Å²) in [4.78, 5) is 29.0. The maximum absolute atomic E-state index is 12.5. The second-order valence-corrected chi connectivity index (χ2v) is 9.88. The largest absolute Gasteiger partial charge is 0.494 e. The molecule has 1 saturated heterocycles. The van der Waals surface area contributed by atoms with Crippen LogP contribution in [0.1, 0.15) is 38.1 Å². The van der Waals surface area contributed by atoms with Crippen LogP contribution in [0.15, 0.2) is 42.5 Å². The number of ether oxygens (including phenoxy) is 1. The zero-order chi connectivity index (χ0) is 24.9. The Bertz CT molecular complexity index is 1050. The summed E-state index contributed by atoms with van der Waals surface area (Å²) in [5.74, 6) is 0.557. The van der Waals surface area contributed by atoms with E-state index in [2.05, 4.69) is 15.5 Å². The topological polar surface area (TPSA) is 73.9 Å². The SMILES string of the molecule is CCOc1ccc(C(=O)NC(=S)Nc2ccc(N3CCN(C(=O)C(C)(C)C)CC3)c(Cl)c2)cc1. The lowest BCUT2D eigenvalue weighted by atomic mass is 9.94. The highest BCUT2D eigenvalue weighted by molar-refractivity contribution is 7.80. The number of nitrogens with zero attached hydrogens (tertiary/aromatic N) is 2. The Morgan fingerprint density at radius 3 is 2.26 bits per heavy atom. The standard InChI is InChI=1S/C25H31ClN4O3S/c1-5-33-19-9-6-17(7-10-19)22(31)28-24(34)27-18-8-11-21(20(26)16-18)29-12-14-30(15-13-29)23(32)25(2,3)4/h6-11,16H,5,12-15H2,1-4H3,(H2,27,28,31,34). The van der Waals surface area contributed by atoms with Crippen molar-refractivity contribution in [1.82, 2.24) is 10.2 Å². The van der Waals surface area contributed by atoms with Crippen LogP contribution in [0.25, 0.3) is 0 Å². The van der Waals surface area contributed by atoms with Gasteiger partial charge in [-0.2, -0.15) is 0 Å². The molecule has 0 atom stereocenters. The summed E-state index contributed by atoms with van der Waals surface area (Å²) in [6.07, 6.45) is 0. The molecule has 0 saturated carbocycles. The van der Waals surface area contributed by atoms with E-state index in [-0.39, 0.29) is 22.3 Å². The Morgan fingerprint density at radius 1 is 1.06 bits per heavy atom. The van der Waals surface area contributed by atoms with Crippen molar-refractivity contribution >= 4 is 52.1 Å². The van der Waals surface area contributed by atoms with Crippen LogP contribution in [0.4, 0.5) is 11.4 Å². The molecule has 2 amide bonds. The van der Waals surface area contributed by atoms with Gasteiger partial charge in [-0.25, -0.2) is 0 Å². The molecule has 7 nitrogen and oxygen atoms in total. The normalized spacial score (nSPS) is 13.9. The molecular weight excluding hydrogens is 472 g/mol. The van der Waals surface area contributed by atoms with Gasteiger partial charge in [0.25, 0.3) is 5.91 Å². The van der Waals surface area contributed by atoms with Gasteiger partial charge in [0, 0.05) is 42.8 Å². The molecule has 3 rings (SSSR count). The van der Waals surface area contributed by atoms with Gasteiger partial charge >= 0.3 is 0 Å². The maximum Gasteiger partial charge on any atom is 0.257 e. The lowest BCUT2D eigenvalue weighted by Crippen LogP contribution is -2.51. The fraction of sp³-hybridized carbons (Fsp3) is 0.400. The third-order valence-electron chi connectivity index (χ3n) is 5.41. The van der Waals surface area contributed by atoms with E-state index in [1.807, 2.05) is 44.7 Å². The van der Waals surface area contributed by atoms with Gasteiger partial charge in [-0.1, -0.05) is 32.4 Å². The maximum atomic E-state index is 12.5. The molecule has 2 N–H and O–H groups in total. The van der Waals surface area contributed by atoms with Gasteiger partial charge in [-0.15, -0.1) is 0 Å². The van der Waals surface area contributed by atoms with Crippen LogP contribution in [0.5, 0.6) is 5.75 Å². The molecule has 0 aromatic heterocycles. The van der Waals surface area contributed by atoms with Crippen molar-refractivity contribution < 1.29 is 14.3 Å². The van der Waals surface area contributed by atoms with Gasteiger partial charge in [0.1, 0.15) is 5.75 Å². The van der Waals surface area contributed by atoms with E-state index in [0.29, 0.717) is 54.8 Å². The van der Waals surface area contributed by atoms with E-state index >= 15 is 0 Å². The van der Waals surface area contributed by atoms with E-state index in [1.54, 1.807) is 30.3 Å². The Labute approximate surface area is 211 Å². The molecule has 1 heterocycles.